The number of halogens is 1. The van der Waals surface area contributed by atoms with Crippen LogP contribution >= 0.6 is 22.7 Å². The molecule has 0 aliphatic carbocycles. The van der Waals surface area contributed by atoms with Gasteiger partial charge in [-0.3, -0.25) is 14.1 Å². The zero-order valence-electron chi connectivity index (χ0n) is 20.0. The third-order valence-corrected chi connectivity index (χ3v) is 9.82. The summed E-state index contributed by atoms with van der Waals surface area (Å²) in [5, 5.41) is 11.0. The van der Waals surface area contributed by atoms with Gasteiger partial charge in [0.1, 0.15) is 16.5 Å². The lowest BCUT2D eigenvalue weighted by Gasteiger charge is -2.25. The van der Waals surface area contributed by atoms with Gasteiger partial charge in [0, 0.05) is 62.3 Å². The molecule has 0 unspecified atom stereocenters. The van der Waals surface area contributed by atoms with E-state index >= 15 is 0 Å². The molecular weight excluding hydrogens is 541 g/mol. The van der Waals surface area contributed by atoms with Crippen LogP contribution in [-0.4, -0.2) is 77.5 Å². The normalized spacial score (nSPS) is 15.1. The molecule has 0 atom stereocenters. The van der Waals surface area contributed by atoms with Crippen LogP contribution in [-0.2, 0) is 27.7 Å². The maximum absolute atomic E-state index is 13.9. The number of sulfonamides is 1. The van der Waals surface area contributed by atoms with Gasteiger partial charge < -0.3 is 9.84 Å². The highest BCUT2D eigenvalue weighted by atomic mass is 32.2. The Hall–Kier alpha value is -2.75. The Bertz CT molecular complexity index is 1620. The van der Waals surface area contributed by atoms with E-state index in [2.05, 4.69) is 14.9 Å². The largest absolute Gasteiger partial charge is 0.501 e. The molecule has 0 saturated carbocycles. The van der Waals surface area contributed by atoms with E-state index in [-0.39, 0.29) is 17.0 Å². The molecule has 4 aromatic rings. The quantitative estimate of drug-likeness (QED) is 0.363. The Morgan fingerprint density at radius 1 is 1.19 bits per heavy atom. The van der Waals surface area contributed by atoms with Crippen molar-refractivity contribution >= 4 is 37.7 Å². The van der Waals surface area contributed by atoms with Gasteiger partial charge in [0.2, 0.25) is 15.8 Å². The van der Waals surface area contributed by atoms with Gasteiger partial charge in [0.15, 0.2) is 4.96 Å². The number of thiazole rings is 2. The highest BCUT2D eigenvalue weighted by molar-refractivity contribution is 7.89. The minimum Gasteiger partial charge on any atom is -0.501 e. The summed E-state index contributed by atoms with van der Waals surface area (Å²) in [6, 6.07) is 3.64. The number of hydrogen-bond acceptors (Lipinski definition) is 10. The van der Waals surface area contributed by atoms with Crippen LogP contribution in [0.1, 0.15) is 15.3 Å². The monoisotopic (exact) mass is 565 g/mol. The number of hydrogen-bond donors (Lipinski definition) is 1. The van der Waals surface area contributed by atoms with E-state index in [4.69, 9.17) is 4.74 Å². The van der Waals surface area contributed by atoms with Gasteiger partial charge >= 0.3 is 5.56 Å². The number of rotatable bonds is 7. The van der Waals surface area contributed by atoms with E-state index in [1.807, 2.05) is 0 Å². The fraction of sp³-hybridized carbons (Fsp3) is 0.348. The van der Waals surface area contributed by atoms with E-state index in [0.29, 0.717) is 40.2 Å². The van der Waals surface area contributed by atoms with Gasteiger partial charge in [-0.25, -0.2) is 27.1 Å². The second kappa shape index (κ2) is 10.2. The number of aromatic hydroxyl groups is 1. The van der Waals surface area contributed by atoms with Crippen LogP contribution in [0.4, 0.5) is 4.39 Å². The summed E-state index contributed by atoms with van der Waals surface area (Å²) in [5.41, 5.74) is -0.107. The minimum absolute atomic E-state index is 0.0706. The molecule has 1 aliphatic rings. The molecule has 1 fully saturated rings. The molecule has 0 radical (unpaired) electrons. The fourth-order valence-corrected chi connectivity index (χ4v) is 7.04. The second-order valence-electron chi connectivity index (χ2n) is 8.70. The summed E-state index contributed by atoms with van der Waals surface area (Å²) in [4.78, 5) is 25.9. The molecule has 1 N–H and O–H groups in total. The summed E-state index contributed by atoms with van der Waals surface area (Å²) in [6.45, 7) is 3.60. The summed E-state index contributed by atoms with van der Waals surface area (Å²) in [7, 11) is -1.10. The minimum atomic E-state index is -3.87. The molecule has 3 aromatic heterocycles. The highest BCUT2D eigenvalue weighted by Crippen LogP contribution is 2.32. The zero-order chi connectivity index (χ0) is 26.3. The first-order valence-electron chi connectivity index (χ1n) is 11.3. The van der Waals surface area contributed by atoms with Crippen LogP contribution in [0.2, 0.25) is 0 Å². The van der Waals surface area contributed by atoms with Crippen molar-refractivity contribution < 1.29 is 22.7 Å². The standard InChI is InChI=1S/C23H24FN5O5S3/c1-27(2)37(32,33)18-10-15(24)4-3-14(18)9-16-11-25-21(35-16)19-20(30)22(31)29-13-17(36-23(29)26-19)12-28-5-7-34-8-6-28/h3-4,10-11,13,30H,5-9,12H2,1-2H3. The maximum Gasteiger partial charge on any atom is 0.301 e. The lowest BCUT2D eigenvalue weighted by atomic mass is 10.1. The first-order valence-corrected chi connectivity index (χ1v) is 14.4. The Morgan fingerprint density at radius 2 is 1.95 bits per heavy atom. The average Bonchev–Trinajstić information content (AvgIpc) is 3.50. The van der Waals surface area contributed by atoms with Gasteiger partial charge in [-0.1, -0.05) is 17.4 Å². The molecule has 0 bridgehead atoms. The molecule has 10 nitrogen and oxygen atoms in total. The SMILES string of the molecule is CN(C)S(=O)(=O)c1cc(F)ccc1Cc1cnc(-c2nc3sc(CN4CCOCC4)cn3c(=O)c2O)s1. The van der Waals surface area contributed by atoms with Crippen LogP contribution in [0, 0.1) is 5.82 Å². The number of fused-ring (bicyclic) bond motifs is 1. The third kappa shape index (κ3) is 5.17. The highest BCUT2D eigenvalue weighted by Gasteiger charge is 2.24. The van der Waals surface area contributed by atoms with Crippen LogP contribution in [0.25, 0.3) is 15.7 Å². The van der Waals surface area contributed by atoms with Crippen molar-refractivity contribution in [2.75, 3.05) is 40.4 Å². The van der Waals surface area contributed by atoms with E-state index in [9.17, 15) is 22.7 Å². The number of aromatic nitrogens is 3. The molecule has 196 valence electrons. The van der Waals surface area contributed by atoms with Crippen LogP contribution in [0.3, 0.4) is 0 Å². The topological polar surface area (TPSA) is 117 Å². The van der Waals surface area contributed by atoms with Crippen molar-refractivity contribution in [1.82, 2.24) is 23.6 Å². The van der Waals surface area contributed by atoms with Crippen molar-refractivity contribution in [2.45, 2.75) is 17.9 Å². The van der Waals surface area contributed by atoms with Gasteiger partial charge in [0.05, 0.1) is 18.1 Å². The van der Waals surface area contributed by atoms with Crippen LogP contribution in [0.15, 0.2) is 40.3 Å². The molecule has 37 heavy (non-hydrogen) atoms. The molecule has 14 heteroatoms. The Labute approximate surface area is 220 Å². The van der Waals surface area contributed by atoms with E-state index in [0.717, 1.165) is 28.3 Å². The van der Waals surface area contributed by atoms with Crippen LogP contribution in [0.5, 0.6) is 5.75 Å². The predicted octanol–water partition coefficient (Wildman–Crippen LogP) is 2.40. The predicted molar refractivity (Wildman–Crippen MR) is 138 cm³/mol. The molecule has 1 saturated heterocycles. The summed E-state index contributed by atoms with van der Waals surface area (Å²) in [5.74, 6) is -1.16. The molecule has 0 spiro atoms. The number of ether oxygens (including phenoxy) is 1. The number of morpholine rings is 1. The summed E-state index contributed by atoms with van der Waals surface area (Å²) >= 11 is 2.55. The first-order chi connectivity index (χ1) is 17.6. The zero-order valence-corrected chi connectivity index (χ0v) is 22.5. The molecule has 1 aliphatic heterocycles. The van der Waals surface area contributed by atoms with Gasteiger partial charge in [-0.15, -0.1) is 11.3 Å². The van der Waals surface area contributed by atoms with Crippen molar-refractivity contribution in [2.24, 2.45) is 0 Å². The molecule has 4 heterocycles. The number of nitrogens with zero attached hydrogens (tertiary/aromatic N) is 5. The molecule has 0 amide bonds. The summed E-state index contributed by atoms with van der Waals surface area (Å²) < 4.78 is 47.1. The summed E-state index contributed by atoms with van der Waals surface area (Å²) in [6.07, 6.45) is 3.41. The van der Waals surface area contributed by atoms with E-state index in [1.165, 1.54) is 59.5 Å². The lowest BCUT2D eigenvalue weighted by Crippen LogP contribution is -2.35. The smallest absolute Gasteiger partial charge is 0.301 e. The van der Waals surface area contributed by atoms with E-state index < -0.39 is 27.1 Å². The molecule has 5 rings (SSSR count). The van der Waals surface area contributed by atoms with Gasteiger partial charge in [0.25, 0.3) is 0 Å². The van der Waals surface area contributed by atoms with Crippen molar-refractivity contribution in [3.05, 3.63) is 62.1 Å². The Balaban J connectivity index is 1.45. The molecular formula is C23H24FN5O5S3. The first kappa shape index (κ1) is 25.9. The Morgan fingerprint density at radius 3 is 2.68 bits per heavy atom. The number of benzene rings is 1. The fourth-order valence-electron chi connectivity index (χ4n) is 3.98. The van der Waals surface area contributed by atoms with E-state index in [1.54, 1.807) is 6.20 Å². The van der Waals surface area contributed by atoms with Crippen molar-refractivity contribution in [3.63, 3.8) is 0 Å². The van der Waals surface area contributed by atoms with Gasteiger partial charge in [-0.05, 0) is 17.7 Å². The second-order valence-corrected chi connectivity index (χ2v) is 13.0. The van der Waals surface area contributed by atoms with Crippen molar-refractivity contribution in [1.29, 1.82) is 0 Å². The third-order valence-electron chi connectivity index (χ3n) is 5.95. The lowest BCUT2D eigenvalue weighted by molar-refractivity contribution is 0.0346. The Kier molecular flexibility index (Phi) is 7.13. The molecule has 1 aromatic carbocycles. The van der Waals surface area contributed by atoms with Crippen LogP contribution < -0.4 is 5.56 Å². The van der Waals surface area contributed by atoms with Crippen molar-refractivity contribution in [3.8, 4) is 16.5 Å². The maximum atomic E-state index is 13.9. The van der Waals surface area contributed by atoms with Gasteiger partial charge in [-0.2, -0.15) is 0 Å². The average molecular weight is 566 g/mol.